The number of anilines is 2. The van der Waals surface area contributed by atoms with E-state index < -0.39 is 5.91 Å². The molecule has 2 heterocycles. The van der Waals surface area contributed by atoms with Crippen LogP contribution >= 0.6 is 11.6 Å². The Morgan fingerprint density at radius 1 is 0.912 bits per heavy atom. The number of nitrogens with zero attached hydrogens (tertiary/aromatic N) is 1. The monoisotopic (exact) mass is 481 g/mol. The number of para-hydroxylation sites is 1. The molecule has 7 nitrogen and oxygen atoms in total. The number of carbonyl (C=O) groups excluding carboxylic acids is 2. The van der Waals surface area contributed by atoms with Gasteiger partial charge in [-0.15, -0.1) is 0 Å². The molecule has 1 aliphatic heterocycles. The van der Waals surface area contributed by atoms with E-state index in [4.69, 9.17) is 20.8 Å². The molecule has 1 aromatic heterocycles. The number of hydrogen-bond donors (Lipinski definition) is 2. The van der Waals surface area contributed by atoms with Crippen LogP contribution in [0.5, 0.6) is 0 Å². The van der Waals surface area contributed by atoms with Gasteiger partial charge in [0.15, 0.2) is 0 Å². The summed E-state index contributed by atoms with van der Waals surface area (Å²) in [7, 11) is 0. The van der Waals surface area contributed by atoms with Gasteiger partial charge >= 0.3 is 0 Å². The molecule has 0 unspecified atom stereocenters. The molecule has 34 heavy (non-hydrogen) atoms. The second-order valence-electron chi connectivity index (χ2n) is 8.91. The van der Waals surface area contributed by atoms with Crippen LogP contribution in [0.4, 0.5) is 11.4 Å². The number of carbonyl (C=O) groups is 2. The number of morpholine rings is 1. The maximum absolute atomic E-state index is 13.2. The lowest BCUT2D eigenvalue weighted by Crippen LogP contribution is -2.45. The first-order valence-electron chi connectivity index (χ1n) is 11.8. The molecule has 5 rings (SSSR count). The lowest BCUT2D eigenvalue weighted by atomic mass is 9.84. The summed E-state index contributed by atoms with van der Waals surface area (Å²) in [6.45, 7) is 3.51. The van der Waals surface area contributed by atoms with Crippen molar-refractivity contribution in [1.29, 1.82) is 0 Å². The minimum absolute atomic E-state index is 0.0625. The smallest absolute Gasteiger partial charge is 0.293 e. The average Bonchev–Trinajstić information content (AvgIpc) is 3.24. The standard InChI is InChI=1S/C26H28ClN3O4/c27-18-7-9-19(10-8-18)28-26(32)24-23(21-3-1-2-4-22(21)34-24)29-25(31)17-5-11-20(12-6-17)30-13-15-33-16-14-30/h1-4,7-10,17,20H,5-6,11-16H2,(H,28,32)(H,29,31)/t17-,20-. The molecular weight excluding hydrogens is 454 g/mol. The highest BCUT2D eigenvalue weighted by molar-refractivity contribution is 6.30. The quantitative estimate of drug-likeness (QED) is 0.525. The third-order valence-corrected chi connectivity index (χ3v) is 7.03. The molecule has 2 aromatic carbocycles. The minimum Gasteiger partial charge on any atom is -0.449 e. The van der Waals surface area contributed by atoms with Crippen LogP contribution in [0.25, 0.3) is 11.0 Å². The van der Waals surface area contributed by atoms with Crippen LogP contribution in [-0.2, 0) is 9.53 Å². The van der Waals surface area contributed by atoms with Crippen LogP contribution in [0.3, 0.4) is 0 Å². The van der Waals surface area contributed by atoms with Crippen molar-refractivity contribution < 1.29 is 18.7 Å². The largest absolute Gasteiger partial charge is 0.449 e. The number of halogens is 1. The summed E-state index contributed by atoms with van der Waals surface area (Å²) < 4.78 is 11.3. The van der Waals surface area contributed by atoms with E-state index in [1.165, 1.54) is 0 Å². The zero-order valence-electron chi connectivity index (χ0n) is 18.9. The molecule has 178 valence electrons. The van der Waals surface area contributed by atoms with Crippen molar-refractivity contribution in [3.8, 4) is 0 Å². The van der Waals surface area contributed by atoms with Crippen molar-refractivity contribution in [2.24, 2.45) is 5.92 Å². The van der Waals surface area contributed by atoms with Crippen molar-refractivity contribution >= 4 is 45.8 Å². The maximum Gasteiger partial charge on any atom is 0.293 e. The van der Waals surface area contributed by atoms with E-state index in [1.807, 2.05) is 18.2 Å². The van der Waals surface area contributed by atoms with Crippen LogP contribution in [0.2, 0.25) is 5.02 Å². The fourth-order valence-electron chi connectivity index (χ4n) is 4.92. The number of benzene rings is 2. The Hall–Kier alpha value is -2.87. The molecule has 2 amide bonds. The fourth-order valence-corrected chi connectivity index (χ4v) is 5.05. The van der Waals surface area contributed by atoms with Crippen LogP contribution in [0, 0.1) is 5.92 Å². The number of ether oxygens (including phenoxy) is 1. The summed E-state index contributed by atoms with van der Waals surface area (Å²) in [5.41, 5.74) is 1.56. The Balaban J connectivity index is 1.30. The summed E-state index contributed by atoms with van der Waals surface area (Å²) in [6, 6.07) is 14.7. The molecule has 0 bridgehead atoms. The van der Waals surface area contributed by atoms with E-state index in [0.29, 0.717) is 33.4 Å². The van der Waals surface area contributed by atoms with Crippen molar-refractivity contribution in [3.63, 3.8) is 0 Å². The van der Waals surface area contributed by atoms with E-state index in [0.717, 1.165) is 52.0 Å². The summed E-state index contributed by atoms with van der Waals surface area (Å²) in [4.78, 5) is 28.8. The average molecular weight is 482 g/mol. The highest BCUT2D eigenvalue weighted by Crippen LogP contribution is 2.34. The zero-order valence-corrected chi connectivity index (χ0v) is 19.6. The predicted octanol–water partition coefficient (Wildman–Crippen LogP) is 5.17. The predicted molar refractivity (Wildman–Crippen MR) is 132 cm³/mol. The summed E-state index contributed by atoms with van der Waals surface area (Å²) in [5, 5.41) is 7.14. The van der Waals surface area contributed by atoms with Gasteiger partial charge in [0.25, 0.3) is 5.91 Å². The van der Waals surface area contributed by atoms with Gasteiger partial charge in [-0.05, 0) is 62.1 Å². The Morgan fingerprint density at radius 2 is 1.62 bits per heavy atom. The first kappa shape index (κ1) is 22.9. The molecule has 0 spiro atoms. The number of amides is 2. The number of furan rings is 1. The molecule has 2 N–H and O–H groups in total. The molecule has 0 radical (unpaired) electrons. The second kappa shape index (κ2) is 10.2. The normalized spacial score (nSPS) is 21.3. The van der Waals surface area contributed by atoms with Crippen LogP contribution in [0.1, 0.15) is 36.2 Å². The van der Waals surface area contributed by atoms with Crippen molar-refractivity contribution in [2.45, 2.75) is 31.7 Å². The lowest BCUT2D eigenvalue weighted by molar-refractivity contribution is -0.121. The van der Waals surface area contributed by atoms with Gasteiger partial charge in [-0.25, -0.2) is 0 Å². The number of hydrogen-bond acceptors (Lipinski definition) is 5. The second-order valence-corrected chi connectivity index (χ2v) is 9.34. The van der Waals surface area contributed by atoms with Gasteiger partial charge in [0.05, 0.1) is 13.2 Å². The van der Waals surface area contributed by atoms with Crippen LogP contribution in [-0.4, -0.2) is 49.1 Å². The fraction of sp³-hybridized carbons (Fsp3) is 0.385. The Bertz CT molecular complexity index is 1160. The van der Waals surface area contributed by atoms with Crippen LogP contribution < -0.4 is 10.6 Å². The first-order chi connectivity index (χ1) is 16.6. The van der Waals surface area contributed by atoms with Gasteiger partial charge in [0, 0.05) is 41.1 Å². The van der Waals surface area contributed by atoms with Crippen molar-refractivity contribution in [2.75, 3.05) is 36.9 Å². The van der Waals surface area contributed by atoms with Crippen molar-refractivity contribution in [3.05, 3.63) is 59.3 Å². The van der Waals surface area contributed by atoms with Gasteiger partial charge in [-0.1, -0.05) is 23.7 Å². The van der Waals surface area contributed by atoms with E-state index in [-0.39, 0.29) is 17.6 Å². The van der Waals surface area contributed by atoms with E-state index in [1.54, 1.807) is 30.3 Å². The number of rotatable bonds is 5. The van der Waals surface area contributed by atoms with Gasteiger partial charge < -0.3 is 19.8 Å². The van der Waals surface area contributed by atoms with E-state index in [2.05, 4.69) is 15.5 Å². The minimum atomic E-state index is -0.426. The first-order valence-corrected chi connectivity index (χ1v) is 12.2. The lowest BCUT2D eigenvalue weighted by Gasteiger charge is -2.38. The maximum atomic E-state index is 13.2. The molecule has 1 aliphatic carbocycles. The molecule has 2 aliphatic rings. The highest BCUT2D eigenvalue weighted by atomic mass is 35.5. The highest BCUT2D eigenvalue weighted by Gasteiger charge is 2.31. The molecule has 8 heteroatoms. The van der Waals surface area contributed by atoms with Gasteiger partial charge in [-0.2, -0.15) is 0 Å². The molecule has 1 saturated carbocycles. The molecule has 3 aromatic rings. The molecular formula is C26H28ClN3O4. The summed E-state index contributed by atoms with van der Waals surface area (Å²) in [6.07, 6.45) is 3.65. The van der Waals surface area contributed by atoms with E-state index >= 15 is 0 Å². The van der Waals surface area contributed by atoms with Gasteiger partial charge in [0.2, 0.25) is 11.7 Å². The molecule has 1 saturated heterocycles. The van der Waals surface area contributed by atoms with Crippen molar-refractivity contribution in [1.82, 2.24) is 4.90 Å². The zero-order chi connectivity index (χ0) is 23.5. The SMILES string of the molecule is O=C(Nc1ccc(Cl)cc1)c1oc2ccccc2c1NC(=O)[C@H]1CC[C@H](N2CCOCC2)CC1. The van der Waals surface area contributed by atoms with Gasteiger partial charge in [0.1, 0.15) is 11.3 Å². The third kappa shape index (κ3) is 4.97. The number of fused-ring (bicyclic) bond motifs is 1. The third-order valence-electron chi connectivity index (χ3n) is 6.78. The topological polar surface area (TPSA) is 83.8 Å². The summed E-state index contributed by atoms with van der Waals surface area (Å²) in [5.74, 6) is -0.484. The molecule has 0 atom stereocenters. The van der Waals surface area contributed by atoms with Crippen LogP contribution in [0.15, 0.2) is 52.9 Å². The summed E-state index contributed by atoms with van der Waals surface area (Å²) >= 11 is 5.94. The van der Waals surface area contributed by atoms with E-state index in [9.17, 15) is 9.59 Å². The Morgan fingerprint density at radius 3 is 2.35 bits per heavy atom. The number of nitrogens with one attached hydrogen (secondary N) is 2. The van der Waals surface area contributed by atoms with Gasteiger partial charge in [-0.3, -0.25) is 14.5 Å². The Labute approximate surface area is 203 Å². The Kier molecular flexibility index (Phi) is 6.85. The molecule has 2 fully saturated rings.